The van der Waals surface area contributed by atoms with Gasteiger partial charge in [0.15, 0.2) is 5.82 Å². The van der Waals surface area contributed by atoms with E-state index in [1.54, 1.807) is 6.20 Å². The van der Waals surface area contributed by atoms with Gasteiger partial charge in [0.05, 0.1) is 6.61 Å². The number of nitrogens with zero attached hydrogens (tertiary/aromatic N) is 3. The second-order valence-electron chi connectivity index (χ2n) is 3.96. The molecule has 0 amide bonds. The molecule has 0 aliphatic rings. The van der Waals surface area contributed by atoms with E-state index in [2.05, 4.69) is 9.97 Å². The average Bonchev–Trinajstić information content (AvgIpc) is 2.39. The number of aliphatic hydroxyl groups is 1. The first-order chi connectivity index (χ1) is 8.22. The summed E-state index contributed by atoms with van der Waals surface area (Å²) in [4.78, 5) is 10.6. The molecule has 0 spiro atoms. The van der Waals surface area contributed by atoms with Crippen molar-refractivity contribution in [1.82, 2.24) is 9.97 Å². The Bertz CT molecular complexity index is 497. The summed E-state index contributed by atoms with van der Waals surface area (Å²) in [5, 5.41) is 9.22. The third-order valence-corrected chi connectivity index (χ3v) is 2.47. The maximum absolute atomic E-state index is 9.22. The normalized spacial score (nSPS) is 10.3. The molecule has 0 saturated carbocycles. The molecule has 0 fully saturated rings. The zero-order valence-corrected chi connectivity index (χ0v) is 9.96. The molecule has 0 atom stereocenters. The van der Waals surface area contributed by atoms with Crippen LogP contribution in [-0.4, -0.2) is 29.2 Å². The van der Waals surface area contributed by atoms with Gasteiger partial charge in [-0.25, -0.2) is 9.97 Å². The van der Waals surface area contributed by atoms with Crippen molar-refractivity contribution in [3.63, 3.8) is 0 Å². The molecule has 0 unspecified atom stereocenters. The second-order valence-corrected chi connectivity index (χ2v) is 3.96. The Balaban J connectivity index is 2.48. The van der Waals surface area contributed by atoms with Gasteiger partial charge in [-0.15, -0.1) is 0 Å². The minimum absolute atomic E-state index is 0.0530. The molecule has 2 rings (SSSR count). The minimum atomic E-state index is -0.0530. The van der Waals surface area contributed by atoms with Gasteiger partial charge in [0.2, 0.25) is 0 Å². The molecule has 17 heavy (non-hydrogen) atoms. The number of benzene rings is 1. The van der Waals surface area contributed by atoms with E-state index < -0.39 is 0 Å². The van der Waals surface area contributed by atoms with Crippen molar-refractivity contribution in [1.29, 1.82) is 0 Å². The highest BCUT2D eigenvalue weighted by Crippen LogP contribution is 2.20. The van der Waals surface area contributed by atoms with Crippen LogP contribution in [-0.2, 0) is 6.61 Å². The van der Waals surface area contributed by atoms with Gasteiger partial charge in [-0.1, -0.05) is 30.3 Å². The van der Waals surface area contributed by atoms with E-state index in [0.29, 0.717) is 5.82 Å². The second kappa shape index (κ2) is 4.93. The Morgan fingerprint density at radius 2 is 1.88 bits per heavy atom. The Kier molecular flexibility index (Phi) is 3.35. The number of hydrogen-bond acceptors (Lipinski definition) is 4. The van der Waals surface area contributed by atoms with E-state index in [-0.39, 0.29) is 6.61 Å². The van der Waals surface area contributed by atoms with Crippen molar-refractivity contribution in [3.8, 4) is 11.4 Å². The third kappa shape index (κ3) is 2.42. The minimum Gasteiger partial charge on any atom is -0.391 e. The van der Waals surface area contributed by atoms with Gasteiger partial charge in [0.25, 0.3) is 0 Å². The highest BCUT2D eigenvalue weighted by molar-refractivity contribution is 5.58. The molecule has 4 nitrogen and oxygen atoms in total. The van der Waals surface area contributed by atoms with Crippen LogP contribution in [0.2, 0.25) is 0 Å². The lowest BCUT2D eigenvalue weighted by atomic mass is 10.2. The van der Waals surface area contributed by atoms with Gasteiger partial charge >= 0.3 is 0 Å². The Labute approximate surface area is 101 Å². The monoisotopic (exact) mass is 229 g/mol. The van der Waals surface area contributed by atoms with Crippen LogP contribution in [0.5, 0.6) is 0 Å². The maximum Gasteiger partial charge on any atom is 0.161 e. The molecule has 0 bridgehead atoms. The van der Waals surface area contributed by atoms with E-state index in [0.717, 1.165) is 16.9 Å². The standard InChI is InChI=1S/C13H15N3O/c1-16(2)13-11(9-17)8-14-12(15-13)10-6-4-3-5-7-10/h3-8,17H,9H2,1-2H3. The summed E-state index contributed by atoms with van der Waals surface area (Å²) in [6.45, 7) is -0.0530. The van der Waals surface area contributed by atoms with Crippen LogP contribution < -0.4 is 4.90 Å². The molecule has 2 aromatic rings. The summed E-state index contributed by atoms with van der Waals surface area (Å²) in [6.07, 6.45) is 1.67. The number of aromatic nitrogens is 2. The highest BCUT2D eigenvalue weighted by atomic mass is 16.3. The zero-order valence-electron chi connectivity index (χ0n) is 9.96. The van der Waals surface area contributed by atoms with Crippen LogP contribution in [0.4, 0.5) is 5.82 Å². The van der Waals surface area contributed by atoms with Gasteiger partial charge in [-0.2, -0.15) is 0 Å². The Hall–Kier alpha value is -1.94. The Morgan fingerprint density at radius 1 is 1.18 bits per heavy atom. The SMILES string of the molecule is CN(C)c1nc(-c2ccccc2)ncc1CO. The lowest BCUT2D eigenvalue weighted by Gasteiger charge is -2.15. The van der Waals surface area contributed by atoms with Gasteiger partial charge in [0, 0.05) is 31.4 Å². The predicted molar refractivity (Wildman–Crippen MR) is 67.7 cm³/mol. The van der Waals surface area contributed by atoms with Crippen LogP contribution in [0.1, 0.15) is 5.56 Å². The van der Waals surface area contributed by atoms with E-state index in [4.69, 9.17) is 0 Å². The summed E-state index contributed by atoms with van der Waals surface area (Å²) in [5.41, 5.74) is 1.70. The summed E-state index contributed by atoms with van der Waals surface area (Å²) >= 11 is 0. The molecular weight excluding hydrogens is 214 g/mol. The van der Waals surface area contributed by atoms with E-state index >= 15 is 0 Å². The van der Waals surface area contributed by atoms with Crippen molar-refractivity contribution in [3.05, 3.63) is 42.1 Å². The molecule has 0 aliphatic carbocycles. The molecule has 88 valence electrons. The molecule has 0 radical (unpaired) electrons. The molecule has 1 heterocycles. The first-order valence-corrected chi connectivity index (χ1v) is 5.42. The van der Waals surface area contributed by atoms with E-state index in [1.165, 1.54) is 0 Å². The summed E-state index contributed by atoms with van der Waals surface area (Å²) < 4.78 is 0. The molecule has 1 aromatic carbocycles. The topological polar surface area (TPSA) is 49.2 Å². The first-order valence-electron chi connectivity index (χ1n) is 5.42. The van der Waals surface area contributed by atoms with Gasteiger partial charge in [0.1, 0.15) is 5.82 Å². The molecule has 1 N–H and O–H groups in total. The number of anilines is 1. The number of hydrogen-bond donors (Lipinski definition) is 1. The summed E-state index contributed by atoms with van der Waals surface area (Å²) in [5.74, 6) is 1.42. The van der Waals surface area contributed by atoms with Crippen LogP contribution in [0.25, 0.3) is 11.4 Å². The smallest absolute Gasteiger partial charge is 0.161 e. The molecule has 0 aliphatic heterocycles. The van der Waals surface area contributed by atoms with Gasteiger partial charge < -0.3 is 10.0 Å². The lowest BCUT2D eigenvalue weighted by Crippen LogP contribution is -2.14. The fraction of sp³-hybridized carbons (Fsp3) is 0.231. The first kappa shape index (κ1) is 11.5. The highest BCUT2D eigenvalue weighted by Gasteiger charge is 2.09. The molecule has 0 saturated heterocycles. The fourth-order valence-electron chi connectivity index (χ4n) is 1.62. The number of aliphatic hydroxyl groups excluding tert-OH is 1. The molecule has 4 heteroatoms. The molecular formula is C13H15N3O. The van der Waals surface area contributed by atoms with E-state index in [9.17, 15) is 5.11 Å². The maximum atomic E-state index is 9.22. The number of rotatable bonds is 3. The molecule has 1 aromatic heterocycles. The van der Waals surface area contributed by atoms with Crippen LogP contribution in [0.3, 0.4) is 0 Å². The third-order valence-electron chi connectivity index (χ3n) is 2.47. The zero-order chi connectivity index (χ0) is 12.3. The summed E-state index contributed by atoms with van der Waals surface area (Å²) in [7, 11) is 3.80. The van der Waals surface area contributed by atoms with Gasteiger partial charge in [-0.3, -0.25) is 0 Å². The quantitative estimate of drug-likeness (QED) is 0.870. The van der Waals surface area contributed by atoms with Crippen molar-refractivity contribution in [2.75, 3.05) is 19.0 Å². The lowest BCUT2D eigenvalue weighted by molar-refractivity contribution is 0.281. The van der Waals surface area contributed by atoms with E-state index in [1.807, 2.05) is 49.3 Å². The van der Waals surface area contributed by atoms with Crippen LogP contribution in [0, 0.1) is 0 Å². The van der Waals surface area contributed by atoms with Crippen molar-refractivity contribution < 1.29 is 5.11 Å². The van der Waals surface area contributed by atoms with Crippen LogP contribution in [0.15, 0.2) is 36.5 Å². The summed E-state index contributed by atoms with van der Waals surface area (Å²) in [6, 6.07) is 9.79. The average molecular weight is 229 g/mol. The van der Waals surface area contributed by atoms with Crippen molar-refractivity contribution in [2.45, 2.75) is 6.61 Å². The van der Waals surface area contributed by atoms with Crippen molar-refractivity contribution >= 4 is 5.82 Å². The van der Waals surface area contributed by atoms with Gasteiger partial charge in [-0.05, 0) is 0 Å². The van der Waals surface area contributed by atoms with Crippen molar-refractivity contribution in [2.24, 2.45) is 0 Å². The Morgan fingerprint density at radius 3 is 2.47 bits per heavy atom. The fourth-order valence-corrected chi connectivity index (χ4v) is 1.62. The predicted octanol–water partition coefficient (Wildman–Crippen LogP) is 1.70. The largest absolute Gasteiger partial charge is 0.391 e. The van der Waals surface area contributed by atoms with Crippen LogP contribution >= 0.6 is 0 Å².